The van der Waals surface area contributed by atoms with E-state index >= 15 is 0 Å². The molecule has 2 aromatic rings. The molecule has 1 aliphatic rings. The maximum Gasteiger partial charge on any atom is 0.169 e. The van der Waals surface area contributed by atoms with Crippen molar-refractivity contribution in [1.29, 1.82) is 0 Å². The fraction of sp³-hybridized carbons (Fsp3) is 0.409. The molecule has 5 heteroatoms. The van der Waals surface area contributed by atoms with Crippen LogP contribution >= 0.6 is 0 Å². The number of hydrogen-bond donors (Lipinski definition) is 1. The highest BCUT2D eigenvalue weighted by Crippen LogP contribution is 2.38. The summed E-state index contributed by atoms with van der Waals surface area (Å²) in [6, 6.07) is 11.0. The highest BCUT2D eigenvalue weighted by atomic mass is 16.5. The summed E-state index contributed by atoms with van der Waals surface area (Å²) in [6.07, 6.45) is 3.50. The molecule has 1 aliphatic carbocycles. The Kier molecular flexibility index (Phi) is 6.22. The van der Waals surface area contributed by atoms with Crippen LogP contribution in [0.1, 0.15) is 41.6 Å². The van der Waals surface area contributed by atoms with Gasteiger partial charge in [-0.05, 0) is 56.9 Å². The van der Waals surface area contributed by atoms with Gasteiger partial charge in [0, 0.05) is 11.5 Å². The highest BCUT2D eigenvalue weighted by Gasteiger charge is 2.32. The molecule has 0 bridgehead atoms. The largest absolute Gasteiger partial charge is 0.507 e. The Hall–Kier alpha value is -2.69. The number of Topliss-reactive ketones (excluding diaryl/α,β-unsaturated/α-hetero) is 1. The number of phenols is 1. The van der Waals surface area contributed by atoms with E-state index < -0.39 is 0 Å². The molecule has 1 N–H and O–H groups in total. The smallest absolute Gasteiger partial charge is 0.169 e. The van der Waals surface area contributed by atoms with Gasteiger partial charge in [0.05, 0.1) is 25.9 Å². The summed E-state index contributed by atoms with van der Waals surface area (Å²) < 4.78 is 16.8. The third-order valence-electron chi connectivity index (χ3n) is 4.72. The Labute approximate surface area is 159 Å². The van der Waals surface area contributed by atoms with E-state index in [0.717, 1.165) is 37.2 Å². The van der Waals surface area contributed by atoms with Crippen molar-refractivity contribution in [3.63, 3.8) is 0 Å². The lowest BCUT2D eigenvalue weighted by Crippen LogP contribution is -2.06. The summed E-state index contributed by atoms with van der Waals surface area (Å²) in [5.74, 6) is 2.24. The van der Waals surface area contributed by atoms with E-state index in [1.54, 1.807) is 26.2 Å². The second-order valence-corrected chi connectivity index (χ2v) is 6.78. The zero-order chi connectivity index (χ0) is 19.2. The fourth-order valence-electron chi connectivity index (χ4n) is 2.91. The van der Waals surface area contributed by atoms with Gasteiger partial charge in [0.2, 0.25) is 0 Å². The zero-order valence-corrected chi connectivity index (χ0v) is 15.9. The number of rotatable bonds is 10. The van der Waals surface area contributed by atoms with Gasteiger partial charge < -0.3 is 19.3 Å². The van der Waals surface area contributed by atoms with Crippen molar-refractivity contribution < 1.29 is 24.1 Å². The molecule has 3 rings (SSSR count). The van der Waals surface area contributed by atoms with E-state index in [4.69, 9.17) is 14.2 Å². The third kappa shape index (κ3) is 4.73. The molecule has 27 heavy (non-hydrogen) atoms. The lowest BCUT2D eigenvalue weighted by Gasteiger charge is -2.13. The van der Waals surface area contributed by atoms with Crippen LogP contribution in [0.4, 0.5) is 0 Å². The molecule has 0 heterocycles. The second kappa shape index (κ2) is 8.80. The van der Waals surface area contributed by atoms with Gasteiger partial charge >= 0.3 is 0 Å². The number of aromatic hydroxyl groups is 1. The first-order valence-corrected chi connectivity index (χ1v) is 9.37. The summed E-state index contributed by atoms with van der Waals surface area (Å²) in [4.78, 5) is 12.2. The number of methoxy groups -OCH3 is 1. The Morgan fingerprint density at radius 3 is 2.26 bits per heavy atom. The SMILES string of the molecule is COc1ccccc1OCCCCOc1ccc(C(=O)C2CC2)c(O)c1C. The van der Waals surface area contributed by atoms with E-state index in [1.807, 2.05) is 24.3 Å². The van der Waals surface area contributed by atoms with E-state index in [-0.39, 0.29) is 17.5 Å². The molecule has 0 radical (unpaired) electrons. The lowest BCUT2D eigenvalue weighted by atomic mass is 10.0. The first-order chi connectivity index (χ1) is 13.1. The number of benzene rings is 2. The summed E-state index contributed by atoms with van der Waals surface area (Å²) >= 11 is 0. The molecule has 0 spiro atoms. The molecule has 0 unspecified atom stereocenters. The second-order valence-electron chi connectivity index (χ2n) is 6.78. The van der Waals surface area contributed by atoms with Crippen molar-refractivity contribution in [3.05, 3.63) is 47.5 Å². The highest BCUT2D eigenvalue weighted by molar-refractivity contribution is 6.02. The van der Waals surface area contributed by atoms with Crippen LogP contribution in [0.5, 0.6) is 23.0 Å². The maximum absolute atomic E-state index is 12.2. The zero-order valence-electron chi connectivity index (χ0n) is 15.9. The van der Waals surface area contributed by atoms with Gasteiger partial charge in [-0.1, -0.05) is 12.1 Å². The van der Waals surface area contributed by atoms with Crippen molar-refractivity contribution in [2.24, 2.45) is 5.92 Å². The van der Waals surface area contributed by atoms with E-state index in [1.165, 1.54) is 0 Å². The van der Waals surface area contributed by atoms with Gasteiger partial charge in [-0.25, -0.2) is 0 Å². The van der Waals surface area contributed by atoms with Crippen LogP contribution in [0, 0.1) is 12.8 Å². The fourth-order valence-corrected chi connectivity index (χ4v) is 2.91. The first kappa shape index (κ1) is 19.1. The summed E-state index contributed by atoms with van der Waals surface area (Å²) in [5.41, 5.74) is 1.03. The van der Waals surface area contributed by atoms with Gasteiger partial charge in [-0.15, -0.1) is 0 Å². The van der Waals surface area contributed by atoms with Crippen LogP contribution in [0.25, 0.3) is 0 Å². The third-order valence-corrected chi connectivity index (χ3v) is 4.72. The van der Waals surface area contributed by atoms with Crippen molar-refractivity contribution in [2.45, 2.75) is 32.6 Å². The first-order valence-electron chi connectivity index (χ1n) is 9.37. The number of carbonyl (C=O) groups excluding carboxylic acids is 1. The van der Waals surface area contributed by atoms with E-state index in [2.05, 4.69) is 0 Å². The van der Waals surface area contributed by atoms with Crippen LogP contribution in [-0.2, 0) is 0 Å². The van der Waals surface area contributed by atoms with Crippen LogP contribution in [0.3, 0.4) is 0 Å². The molecular formula is C22H26O5. The number of unbranched alkanes of at least 4 members (excludes halogenated alkanes) is 1. The lowest BCUT2D eigenvalue weighted by molar-refractivity contribution is 0.0965. The summed E-state index contributed by atoms with van der Waals surface area (Å²) in [6.45, 7) is 2.87. The molecule has 1 fully saturated rings. The van der Waals surface area contributed by atoms with E-state index in [9.17, 15) is 9.90 Å². The van der Waals surface area contributed by atoms with Crippen LogP contribution < -0.4 is 14.2 Å². The molecule has 0 saturated heterocycles. The molecule has 0 aromatic heterocycles. The van der Waals surface area contributed by atoms with Gasteiger partial charge in [0.15, 0.2) is 17.3 Å². The molecule has 5 nitrogen and oxygen atoms in total. The van der Waals surface area contributed by atoms with Crippen molar-refractivity contribution in [1.82, 2.24) is 0 Å². The molecular weight excluding hydrogens is 344 g/mol. The number of para-hydroxylation sites is 2. The minimum absolute atomic E-state index is 0.0376. The molecule has 1 saturated carbocycles. The quantitative estimate of drug-likeness (QED) is 0.491. The topological polar surface area (TPSA) is 65.0 Å². The maximum atomic E-state index is 12.2. The van der Waals surface area contributed by atoms with Crippen molar-refractivity contribution >= 4 is 5.78 Å². The van der Waals surface area contributed by atoms with Crippen LogP contribution in [0.15, 0.2) is 36.4 Å². The standard InChI is InChI=1S/C22H26O5/c1-15-18(12-11-17(21(15)23)22(24)16-9-10-16)26-13-5-6-14-27-20-8-4-3-7-19(20)25-2/h3-4,7-8,11-12,16,23H,5-6,9-10,13-14H2,1-2H3. The number of ketones is 1. The number of ether oxygens (including phenoxy) is 3. The van der Waals surface area contributed by atoms with Gasteiger partial charge in [-0.3, -0.25) is 4.79 Å². The molecule has 144 valence electrons. The van der Waals surface area contributed by atoms with Gasteiger partial charge in [0.1, 0.15) is 11.5 Å². The Bertz CT molecular complexity index is 795. The molecule has 0 atom stereocenters. The normalized spacial score (nSPS) is 13.3. The predicted octanol–water partition coefficient (Wildman–Crippen LogP) is 4.54. The van der Waals surface area contributed by atoms with Crippen molar-refractivity contribution in [2.75, 3.05) is 20.3 Å². The molecule has 0 amide bonds. The van der Waals surface area contributed by atoms with Crippen molar-refractivity contribution in [3.8, 4) is 23.0 Å². The molecule has 0 aliphatic heterocycles. The van der Waals surface area contributed by atoms with Crippen LogP contribution in [-0.4, -0.2) is 31.2 Å². The van der Waals surface area contributed by atoms with Crippen LogP contribution in [0.2, 0.25) is 0 Å². The average Bonchev–Trinajstić information content (AvgIpc) is 3.53. The Morgan fingerprint density at radius 2 is 1.63 bits per heavy atom. The number of phenolic OH excluding ortho intramolecular Hbond substituents is 1. The number of carbonyl (C=O) groups is 1. The van der Waals surface area contributed by atoms with Gasteiger partial charge in [0.25, 0.3) is 0 Å². The number of hydrogen-bond acceptors (Lipinski definition) is 5. The van der Waals surface area contributed by atoms with E-state index in [0.29, 0.717) is 30.1 Å². The summed E-state index contributed by atoms with van der Waals surface area (Å²) in [5, 5.41) is 10.3. The summed E-state index contributed by atoms with van der Waals surface area (Å²) in [7, 11) is 1.62. The minimum Gasteiger partial charge on any atom is -0.507 e. The Morgan fingerprint density at radius 1 is 1.00 bits per heavy atom. The minimum atomic E-state index is 0.0376. The Balaban J connectivity index is 1.44. The molecule has 2 aromatic carbocycles. The predicted molar refractivity (Wildman–Crippen MR) is 103 cm³/mol. The van der Waals surface area contributed by atoms with Gasteiger partial charge in [-0.2, -0.15) is 0 Å². The monoisotopic (exact) mass is 370 g/mol. The average molecular weight is 370 g/mol.